The Bertz CT molecular complexity index is 529. The second-order valence-corrected chi connectivity index (χ2v) is 7.60. The van der Waals surface area contributed by atoms with Crippen LogP contribution in [0, 0.1) is 0 Å². The topological polar surface area (TPSA) is 253 Å². The monoisotopic (exact) mass is 421 g/mol. The Balaban J connectivity index is 2.16. The van der Waals surface area contributed by atoms with E-state index in [9.17, 15) is 40.3 Å². The Hall–Kier alpha value is -0.290. The predicted molar refractivity (Wildman–Crippen MR) is 81.6 cm³/mol. The van der Waals surface area contributed by atoms with Crippen molar-refractivity contribution in [3.05, 3.63) is 0 Å². The zero-order valence-electron chi connectivity index (χ0n) is 13.7. The summed E-state index contributed by atoms with van der Waals surface area (Å²) in [5.41, 5.74) is 5.70. The smallest absolute Gasteiger partial charge is 0.394 e. The lowest BCUT2D eigenvalue weighted by Gasteiger charge is -2.46. The molecule has 0 amide bonds. The van der Waals surface area contributed by atoms with Gasteiger partial charge in [-0.05, 0) is 0 Å². The van der Waals surface area contributed by atoms with Gasteiger partial charge in [-0.25, -0.2) is 4.57 Å². The molecule has 15 heteroatoms. The minimum atomic E-state index is -5.07. The van der Waals surface area contributed by atoms with Crippen molar-refractivity contribution >= 4 is 7.82 Å². The summed E-state index contributed by atoms with van der Waals surface area (Å²) in [5, 5.41) is 68.3. The Kier molecular flexibility index (Phi) is 7.33. The second-order valence-electron chi connectivity index (χ2n) is 6.41. The first-order valence-electron chi connectivity index (χ1n) is 7.88. The molecule has 1 saturated heterocycles. The van der Waals surface area contributed by atoms with Crippen LogP contribution in [-0.2, 0) is 18.6 Å². The molecule has 0 aromatic rings. The molecule has 1 saturated carbocycles. The highest BCUT2D eigenvalue weighted by molar-refractivity contribution is 7.46. The van der Waals surface area contributed by atoms with Gasteiger partial charge in [0, 0.05) is 0 Å². The van der Waals surface area contributed by atoms with E-state index >= 15 is 0 Å². The van der Waals surface area contributed by atoms with Crippen molar-refractivity contribution in [2.45, 2.75) is 67.3 Å². The van der Waals surface area contributed by atoms with Crippen LogP contribution in [0.3, 0.4) is 0 Å². The van der Waals surface area contributed by atoms with Crippen LogP contribution in [0.25, 0.3) is 0 Å². The minimum absolute atomic E-state index is 0.867. The van der Waals surface area contributed by atoms with Gasteiger partial charge in [-0.3, -0.25) is 4.52 Å². The predicted octanol–water partition coefficient (Wildman–Crippen LogP) is -5.93. The summed E-state index contributed by atoms with van der Waals surface area (Å²) in [7, 11) is -5.07. The largest absolute Gasteiger partial charge is 0.470 e. The standard InChI is InChI=1S/C12H24NO13P/c13-3-4(15)10(26-27(21,22)23)2(1-14)24-12(3)25-11-8(19)6(17)5(16)7(18)9(11)20/h2-12,14-20H,1,13H2,(H2,21,22,23)/t2-,3-,4-,5?,6-,7-,8-,9+,10-,11?,12-/m1/s1. The number of rotatable bonds is 5. The highest BCUT2D eigenvalue weighted by Crippen LogP contribution is 2.41. The van der Waals surface area contributed by atoms with Gasteiger partial charge in [0.05, 0.1) is 12.6 Å². The molecule has 27 heavy (non-hydrogen) atoms. The fraction of sp³-hybridized carbons (Fsp3) is 1.00. The molecule has 14 nitrogen and oxygen atoms in total. The van der Waals surface area contributed by atoms with Gasteiger partial charge in [0.2, 0.25) is 0 Å². The third kappa shape index (κ3) is 4.83. The zero-order chi connectivity index (χ0) is 20.7. The van der Waals surface area contributed by atoms with E-state index in [0.29, 0.717) is 0 Å². The van der Waals surface area contributed by atoms with Crippen molar-refractivity contribution in [1.82, 2.24) is 0 Å². The molecule has 0 aromatic heterocycles. The van der Waals surface area contributed by atoms with E-state index < -0.39 is 81.7 Å². The summed E-state index contributed by atoms with van der Waals surface area (Å²) in [6, 6.07) is -1.52. The van der Waals surface area contributed by atoms with E-state index in [1.807, 2.05) is 0 Å². The van der Waals surface area contributed by atoms with Gasteiger partial charge < -0.3 is 60.7 Å². The highest BCUT2D eigenvalue weighted by Gasteiger charge is 2.53. The molecule has 0 aromatic carbocycles. The molecule has 0 spiro atoms. The quantitative estimate of drug-likeness (QED) is 0.186. The molecule has 2 fully saturated rings. The minimum Gasteiger partial charge on any atom is -0.394 e. The van der Waals surface area contributed by atoms with Crippen molar-refractivity contribution in [3.8, 4) is 0 Å². The first kappa shape index (κ1) is 23.0. The van der Waals surface area contributed by atoms with E-state index in [2.05, 4.69) is 4.52 Å². The SMILES string of the molecule is N[C@H]1[C@@H](OC2[C@@H](O)[C@H](O)C(O)[C@@H](O)[C@H]2O)O[C@H](CO)[C@@H](OP(=O)(O)O)[C@@H]1O. The molecule has 11 N–H and O–H groups in total. The lowest BCUT2D eigenvalue weighted by Crippen LogP contribution is -2.68. The number of phosphoric acid groups is 1. The summed E-state index contributed by atoms with van der Waals surface area (Å²) in [4.78, 5) is 17.8. The van der Waals surface area contributed by atoms with Gasteiger partial charge in [0.25, 0.3) is 0 Å². The van der Waals surface area contributed by atoms with Gasteiger partial charge in [0.1, 0.15) is 54.9 Å². The fourth-order valence-electron chi connectivity index (χ4n) is 3.01. The lowest BCUT2D eigenvalue weighted by atomic mass is 9.84. The Morgan fingerprint density at radius 2 is 1.33 bits per heavy atom. The van der Waals surface area contributed by atoms with Gasteiger partial charge in [0.15, 0.2) is 6.29 Å². The third-order valence-electron chi connectivity index (χ3n) is 4.52. The number of hydrogen-bond donors (Lipinski definition) is 10. The maximum absolute atomic E-state index is 11.0. The first-order chi connectivity index (χ1) is 12.4. The van der Waals surface area contributed by atoms with Crippen molar-refractivity contribution in [3.63, 3.8) is 0 Å². The molecule has 2 rings (SSSR count). The van der Waals surface area contributed by atoms with Crippen LogP contribution < -0.4 is 5.73 Å². The van der Waals surface area contributed by atoms with E-state index in [1.54, 1.807) is 0 Å². The van der Waals surface area contributed by atoms with E-state index in [4.69, 9.17) is 25.0 Å². The Morgan fingerprint density at radius 3 is 1.78 bits per heavy atom. The van der Waals surface area contributed by atoms with Crippen molar-refractivity contribution in [1.29, 1.82) is 0 Å². The van der Waals surface area contributed by atoms with E-state index in [-0.39, 0.29) is 0 Å². The summed E-state index contributed by atoms with van der Waals surface area (Å²) in [6.07, 6.45) is -17.7. The van der Waals surface area contributed by atoms with Crippen LogP contribution in [0.2, 0.25) is 0 Å². The number of hydrogen-bond acceptors (Lipinski definition) is 12. The number of aliphatic hydroxyl groups is 7. The van der Waals surface area contributed by atoms with Crippen LogP contribution in [0.1, 0.15) is 0 Å². The molecule has 1 aliphatic heterocycles. The summed E-state index contributed by atoms with van der Waals surface area (Å²) >= 11 is 0. The number of phosphoric ester groups is 1. The van der Waals surface area contributed by atoms with E-state index in [1.165, 1.54) is 0 Å². The van der Waals surface area contributed by atoms with Crippen LogP contribution in [0.4, 0.5) is 0 Å². The van der Waals surface area contributed by atoms with Gasteiger partial charge in [-0.2, -0.15) is 0 Å². The molecule has 2 aliphatic rings. The molecule has 1 heterocycles. The third-order valence-corrected chi connectivity index (χ3v) is 5.04. The summed E-state index contributed by atoms with van der Waals surface area (Å²) in [6.45, 7) is -0.867. The number of nitrogens with two attached hydrogens (primary N) is 1. The first-order valence-corrected chi connectivity index (χ1v) is 9.41. The van der Waals surface area contributed by atoms with Crippen molar-refractivity contribution in [2.24, 2.45) is 5.73 Å². The molecular formula is C12H24NO13P. The fourth-order valence-corrected chi connectivity index (χ4v) is 3.59. The average molecular weight is 421 g/mol. The maximum Gasteiger partial charge on any atom is 0.470 e. The van der Waals surface area contributed by atoms with E-state index in [0.717, 1.165) is 0 Å². The molecular weight excluding hydrogens is 397 g/mol. The summed E-state index contributed by atoms with van der Waals surface area (Å²) < 4.78 is 25.8. The van der Waals surface area contributed by atoms with Gasteiger partial charge in [-0.1, -0.05) is 0 Å². The van der Waals surface area contributed by atoms with Crippen LogP contribution >= 0.6 is 7.82 Å². The normalized spacial score (nSPS) is 49.2. The zero-order valence-corrected chi connectivity index (χ0v) is 14.6. The van der Waals surface area contributed by atoms with Crippen LogP contribution in [-0.4, -0.2) is 119 Å². The second kappa shape index (κ2) is 8.61. The van der Waals surface area contributed by atoms with Gasteiger partial charge in [-0.15, -0.1) is 0 Å². The molecule has 160 valence electrons. The average Bonchev–Trinajstić information content (AvgIpc) is 2.60. The molecule has 11 atom stereocenters. The van der Waals surface area contributed by atoms with Crippen molar-refractivity contribution < 1.29 is 64.1 Å². The number of aliphatic hydroxyl groups excluding tert-OH is 7. The number of ether oxygens (including phenoxy) is 2. The van der Waals surface area contributed by atoms with Crippen LogP contribution in [0.5, 0.6) is 0 Å². The summed E-state index contributed by atoms with van der Waals surface area (Å²) in [5.74, 6) is 0. The van der Waals surface area contributed by atoms with Gasteiger partial charge >= 0.3 is 7.82 Å². The maximum atomic E-state index is 11.0. The Morgan fingerprint density at radius 1 is 0.852 bits per heavy atom. The van der Waals surface area contributed by atoms with Crippen LogP contribution in [0.15, 0.2) is 0 Å². The van der Waals surface area contributed by atoms with Crippen molar-refractivity contribution in [2.75, 3.05) is 6.61 Å². The highest BCUT2D eigenvalue weighted by atomic mass is 31.2. The molecule has 2 unspecified atom stereocenters. The lowest BCUT2D eigenvalue weighted by molar-refractivity contribution is -0.315. The molecule has 0 bridgehead atoms. The molecule has 1 aliphatic carbocycles. The molecule has 0 radical (unpaired) electrons. The Labute approximate surface area is 152 Å².